The highest BCUT2D eigenvalue weighted by Gasteiger charge is 2.34. The summed E-state index contributed by atoms with van der Waals surface area (Å²) in [6.45, 7) is 1.41. The van der Waals surface area contributed by atoms with Gasteiger partial charge in [0.1, 0.15) is 5.82 Å². The minimum Gasteiger partial charge on any atom is -0.319 e. The highest BCUT2D eigenvalue weighted by atomic mass is 35.5. The molecule has 4 heteroatoms. The molecule has 0 unspecified atom stereocenters. The van der Waals surface area contributed by atoms with E-state index in [1.54, 1.807) is 6.07 Å². The zero-order chi connectivity index (χ0) is 12.6. The van der Waals surface area contributed by atoms with Crippen molar-refractivity contribution in [1.82, 2.24) is 5.32 Å². The zero-order valence-electron chi connectivity index (χ0n) is 10.4. The predicted octanol–water partition coefficient (Wildman–Crippen LogP) is 2.67. The van der Waals surface area contributed by atoms with Gasteiger partial charge in [0.25, 0.3) is 0 Å². The van der Waals surface area contributed by atoms with E-state index in [0.717, 1.165) is 11.1 Å². The number of hydrogen-bond donors (Lipinski definition) is 2. The monoisotopic (exact) mass is 278 g/mol. The molecule has 0 spiro atoms. The second-order valence-electron chi connectivity index (χ2n) is 4.82. The average molecular weight is 279 g/mol. The van der Waals surface area contributed by atoms with Crippen LogP contribution in [0.5, 0.6) is 0 Å². The molecule has 1 heterocycles. The Kier molecular flexibility index (Phi) is 3.90. The Balaban J connectivity index is 0.00000133. The number of nitrogens with one attached hydrogen (secondary N) is 1. The molecule has 2 aromatic carbocycles. The van der Waals surface area contributed by atoms with Gasteiger partial charge in [-0.1, -0.05) is 42.5 Å². The minimum absolute atomic E-state index is 0. The largest absolute Gasteiger partial charge is 0.319 e. The predicted molar refractivity (Wildman–Crippen MR) is 77.8 cm³/mol. The first-order valence-corrected chi connectivity index (χ1v) is 6.04. The van der Waals surface area contributed by atoms with Crippen molar-refractivity contribution < 1.29 is 4.39 Å². The number of halogens is 2. The fourth-order valence-corrected chi connectivity index (χ4v) is 2.28. The van der Waals surface area contributed by atoms with Crippen LogP contribution in [0.4, 0.5) is 4.39 Å². The Morgan fingerprint density at radius 3 is 2.26 bits per heavy atom. The maximum Gasteiger partial charge on any atom is 0.131 e. The van der Waals surface area contributed by atoms with Crippen molar-refractivity contribution in [3.63, 3.8) is 0 Å². The molecule has 19 heavy (non-hydrogen) atoms. The van der Waals surface area contributed by atoms with Crippen LogP contribution in [-0.2, 0) is 5.54 Å². The first kappa shape index (κ1) is 14.0. The van der Waals surface area contributed by atoms with Gasteiger partial charge in [0.2, 0.25) is 0 Å². The fraction of sp³-hybridized carbons (Fsp3) is 0.200. The van der Waals surface area contributed by atoms with Gasteiger partial charge in [-0.3, -0.25) is 0 Å². The summed E-state index contributed by atoms with van der Waals surface area (Å²) in [5.74, 6) is -0.213. The van der Waals surface area contributed by atoms with E-state index >= 15 is 0 Å². The Morgan fingerprint density at radius 2 is 1.74 bits per heavy atom. The van der Waals surface area contributed by atoms with Gasteiger partial charge in [-0.25, -0.2) is 4.39 Å². The molecule has 2 nitrogen and oxygen atoms in total. The molecule has 0 amide bonds. The Hall–Kier alpha value is -1.42. The lowest BCUT2D eigenvalue weighted by molar-refractivity contribution is 0.286. The maximum atomic E-state index is 14.2. The molecule has 1 aliphatic heterocycles. The van der Waals surface area contributed by atoms with Crippen LogP contribution in [0.3, 0.4) is 0 Å². The third-order valence-electron chi connectivity index (χ3n) is 3.51. The van der Waals surface area contributed by atoms with Gasteiger partial charge in [0, 0.05) is 18.7 Å². The smallest absolute Gasteiger partial charge is 0.131 e. The van der Waals surface area contributed by atoms with Gasteiger partial charge >= 0.3 is 0 Å². The molecule has 3 rings (SSSR count). The maximum absolute atomic E-state index is 14.2. The third-order valence-corrected chi connectivity index (χ3v) is 3.51. The van der Waals surface area contributed by atoms with E-state index in [1.165, 1.54) is 0 Å². The van der Waals surface area contributed by atoms with Crippen molar-refractivity contribution in [2.24, 2.45) is 5.73 Å². The van der Waals surface area contributed by atoms with Crippen LogP contribution in [0.15, 0.2) is 48.5 Å². The minimum atomic E-state index is -0.407. The molecule has 0 bridgehead atoms. The highest BCUT2D eigenvalue weighted by Crippen LogP contribution is 2.28. The molecule has 3 N–H and O–H groups in total. The molecule has 0 atom stereocenters. The lowest BCUT2D eigenvalue weighted by atomic mass is 9.84. The average Bonchev–Trinajstić information content (AvgIpc) is 2.37. The van der Waals surface area contributed by atoms with E-state index in [-0.39, 0.29) is 18.2 Å². The van der Waals surface area contributed by atoms with E-state index < -0.39 is 5.54 Å². The van der Waals surface area contributed by atoms with Crippen LogP contribution >= 0.6 is 12.4 Å². The Labute approximate surface area is 118 Å². The van der Waals surface area contributed by atoms with Crippen molar-refractivity contribution in [2.75, 3.05) is 13.1 Å². The van der Waals surface area contributed by atoms with Crippen LogP contribution in [-0.4, -0.2) is 13.1 Å². The van der Waals surface area contributed by atoms with Crippen LogP contribution in [0.25, 0.3) is 11.1 Å². The molecule has 1 saturated heterocycles. The van der Waals surface area contributed by atoms with Gasteiger partial charge in [-0.15, -0.1) is 12.4 Å². The first-order valence-electron chi connectivity index (χ1n) is 6.04. The van der Waals surface area contributed by atoms with Gasteiger partial charge in [-0.2, -0.15) is 0 Å². The number of nitrogens with two attached hydrogens (primary N) is 1. The van der Waals surface area contributed by atoms with E-state index in [2.05, 4.69) is 5.32 Å². The summed E-state index contributed by atoms with van der Waals surface area (Å²) < 4.78 is 14.2. The van der Waals surface area contributed by atoms with Crippen LogP contribution in [0, 0.1) is 5.82 Å². The lowest BCUT2D eigenvalue weighted by Gasteiger charge is -2.39. The summed E-state index contributed by atoms with van der Waals surface area (Å²) in [4.78, 5) is 0. The molecular formula is C15H16ClFN2. The molecule has 0 aromatic heterocycles. The van der Waals surface area contributed by atoms with Crippen molar-refractivity contribution in [3.05, 3.63) is 59.9 Å². The molecular weight excluding hydrogens is 263 g/mol. The molecule has 100 valence electrons. The molecule has 0 aliphatic carbocycles. The number of benzene rings is 2. The standard InChI is InChI=1S/C15H15FN2.ClH/c16-14-8-12(15(17)9-18-10-15)6-7-13(14)11-4-2-1-3-5-11;/h1-8,18H,9-10,17H2;1H. The third kappa shape index (κ3) is 2.50. The second-order valence-corrected chi connectivity index (χ2v) is 4.82. The zero-order valence-corrected chi connectivity index (χ0v) is 11.2. The van der Waals surface area contributed by atoms with Crippen LogP contribution in [0.1, 0.15) is 5.56 Å². The second kappa shape index (κ2) is 5.29. The molecule has 0 saturated carbocycles. The fourth-order valence-electron chi connectivity index (χ4n) is 2.28. The SMILES string of the molecule is Cl.NC1(c2ccc(-c3ccccc3)c(F)c2)CNC1. The highest BCUT2D eigenvalue weighted by molar-refractivity contribution is 5.85. The van der Waals surface area contributed by atoms with E-state index in [0.29, 0.717) is 18.7 Å². The van der Waals surface area contributed by atoms with Gasteiger partial charge in [-0.05, 0) is 17.2 Å². The van der Waals surface area contributed by atoms with Gasteiger partial charge in [0.15, 0.2) is 0 Å². The quantitative estimate of drug-likeness (QED) is 0.886. The number of hydrogen-bond acceptors (Lipinski definition) is 2. The van der Waals surface area contributed by atoms with Crippen LogP contribution in [0.2, 0.25) is 0 Å². The van der Waals surface area contributed by atoms with Gasteiger partial charge < -0.3 is 11.1 Å². The van der Waals surface area contributed by atoms with E-state index in [9.17, 15) is 4.39 Å². The molecule has 1 fully saturated rings. The molecule has 0 radical (unpaired) electrons. The van der Waals surface area contributed by atoms with Crippen molar-refractivity contribution >= 4 is 12.4 Å². The topological polar surface area (TPSA) is 38.0 Å². The van der Waals surface area contributed by atoms with Crippen molar-refractivity contribution in [1.29, 1.82) is 0 Å². The Bertz CT molecular complexity index is 568. The summed E-state index contributed by atoms with van der Waals surface area (Å²) in [7, 11) is 0. The van der Waals surface area contributed by atoms with E-state index in [1.807, 2.05) is 42.5 Å². The molecule has 2 aromatic rings. The lowest BCUT2D eigenvalue weighted by Crippen LogP contribution is -2.62. The van der Waals surface area contributed by atoms with Crippen molar-refractivity contribution in [3.8, 4) is 11.1 Å². The summed E-state index contributed by atoms with van der Waals surface area (Å²) in [6, 6.07) is 14.8. The summed E-state index contributed by atoms with van der Waals surface area (Å²) in [5.41, 5.74) is 8.11. The van der Waals surface area contributed by atoms with Gasteiger partial charge in [0.05, 0.1) is 5.54 Å². The normalized spacial score (nSPS) is 16.3. The van der Waals surface area contributed by atoms with E-state index in [4.69, 9.17) is 5.73 Å². The molecule has 1 aliphatic rings. The summed E-state index contributed by atoms with van der Waals surface area (Å²) in [6.07, 6.45) is 0. The number of rotatable bonds is 2. The van der Waals surface area contributed by atoms with Crippen molar-refractivity contribution in [2.45, 2.75) is 5.54 Å². The Morgan fingerprint density at radius 1 is 1.05 bits per heavy atom. The summed E-state index contributed by atoms with van der Waals surface area (Å²) in [5, 5.41) is 3.12. The first-order chi connectivity index (χ1) is 8.69. The summed E-state index contributed by atoms with van der Waals surface area (Å²) >= 11 is 0. The van der Waals surface area contributed by atoms with Crippen LogP contribution < -0.4 is 11.1 Å².